The Kier molecular flexibility index (Phi) is 4.18. The summed E-state index contributed by atoms with van der Waals surface area (Å²) in [5.41, 5.74) is 5.30. The van der Waals surface area contributed by atoms with E-state index in [1.54, 1.807) is 0 Å². The van der Waals surface area contributed by atoms with Crippen molar-refractivity contribution in [3.05, 3.63) is 0 Å². The highest BCUT2D eigenvalue weighted by atomic mass is 16.5. The highest BCUT2D eigenvalue weighted by molar-refractivity contribution is 5.76. The van der Waals surface area contributed by atoms with Crippen LogP contribution in [0.15, 0.2) is 0 Å². The second kappa shape index (κ2) is 5.19. The molecule has 3 N–H and O–H groups in total. The van der Waals surface area contributed by atoms with Crippen LogP contribution < -0.4 is 5.73 Å². The smallest absolute Gasteiger partial charge is 0.0918 e. The largest absolute Gasteiger partial charge is 0.388 e. The van der Waals surface area contributed by atoms with Crippen molar-refractivity contribution < 1.29 is 4.74 Å². The van der Waals surface area contributed by atoms with Crippen LogP contribution in [0.4, 0.5) is 0 Å². The molecule has 0 aromatic carbocycles. The number of nitrogens with zero attached hydrogens (tertiary/aromatic N) is 1. The molecule has 1 rings (SSSR count). The van der Waals surface area contributed by atoms with Crippen LogP contribution in [-0.4, -0.2) is 43.6 Å². The van der Waals surface area contributed by atoms with E-state index >= 15 is 0 Å². The molecule has 1 unspecified atom stereocenters. The molecule has 0 spiro atoms. The topological polar surface area (TPSA) is 62.3 Å². The first-order valence-corrected chi connectivity index (χ1v) is 4.81. The van der Waals surface area contributed by atoms with Gasteiger partial charge in [-0.1, -0.05) is 0 Å². The highest BCUT2D eigenvalue weighted by Crippen LogP contribution is 2.11. The third-order valence-electron chi connectivity index (χ3n) is 2.49. The van der Waals surface area contributed by atoms with Gasteiger partial charge in [-0.3, -0.25) is 5.41 Å². The summed E-state index contributed by atoms with van der Waals surface area (Å²) in [4.78, 5) is 2.24. The summed E-state index contributed by atoms with van der Waals surface area (Å²) in [6, 6.07) is 0.521. The number of ether oxygens (including phenoxy) is 1. The zero-order valence-electron chi connectivity index (χ0n) is 8.25. The van der Waals surface area contributed by atoms with Crippen molar-refractivity contribution in [3.8, 4) is 0 Å². The van der Waals surface area contributed by atoms with Crippen molar-refractivity contribution in [1.29, 1.82) is 5.41 Å². The number of amidine groups is 1. The van der Waals surface area contributed by atoms with E-state index in [9.17, 15) is 0 Å². The Morgan fingerprint density at radius 3 is 3.00 bits per heavy atom. The molecule has 1 fully saturated rings. The standard InChI is InChI=1S/C9H19N3O/c1-12(5-4-9(10)11)8-3-2-6-13-7-8/h8H,2-7H2,1H3,(H3,10,11). The highest BCUT2D eigenvalue weighted by Gasteiger charge is 2.17. The van der Waals surface area contributed by atoms with Crippen LogP contribution in [-0.2, 0) is 4.74 Å². The fraction of sp³-hybridized carbons (Fsp3) is 0.889. The van der Waals surface area contributed by atoms with Gasteiger partial charge in [0.15, 0.2) is 0 Å². The molecule has 4 nitrogen and oxygen atoms in total. The first-order valence-electron chi connectivity index (χ1n) is 4.81. The lowest BCUT2D eigenvalue weighted by Crippen LogP contribution is -2.39. The fourth-order valence-corrected chi connectivity index (χ4v) is 1.55. The van der Waals surface area contributed by atoms with Crippen molar-refractivity contribution in [2.45, 2.75) is 25.3 Å². The number of hydrogen-bond donors (Lipinski definition) is 2. The lowest BCUT2D eigenvalue weighted by atomic mass is 10.1. The van der Waals surface area contributed by atoms with E-state index in [4.69, 9.17) is 15.9 Å². The van der Waals surface area contributed by atoms with Crippen molar-refractivity contribution in [2.24, 2.45) is 5.73 Å². The summed E-state index contributed by atoms with van der Waals surface area (Å²) < 4.78 is 5.38. The molecule has 1 atom stereocenters. The number of nitrogens with one attached hydrogen (secondary N) is 1. The predicted octanol–water partition coefficient (Wildman–Crippen LogP) is 0.423. The van der Waals surface area contributed by atoms with Crippen molar-refractivity contribution in [2.75, 3.05) is 26.8 Å². The van der Waals surface area contributed by atoms with Gasteiger partial charge in [-0.05, 0) is 19.9 Å². The maximum absolute atomic E-state index is 7.12. The monoisotopic (exact) mass is 185 g/mol. The van der Waals surface area contributed by atoms with Crippen molar-refractivity contribution in [3.63, 3.8) is 0 Å². The summed E-state index contributed by atoms with van der Waals surface area (Å²) in [5.74, 6) is 0.267. The molecular formula is C9H19N3O. The van der Waals surface area contributed by atoms with E-state index in [1.807, 2.05) is 0 Å². The number of likely N-dealkylation sites (N-methyl/N-ethyl adjacent to an activating group) is 1. The third-order valence-corrected chi connectivity index (χ3v) is 2.49. The normalized spacial score (nSPS) is 23.4. The van der Waals surface area contributed by atoms with Crippen molar-refractivity contribution >= 4 is 5.84 Å². The summed E-state index contributed by atoms with van der Waals surface area (Å²) >= 11 is 0. The summed E-state index contributed by atoms with van der Waals surface area (Å²) in [6.07, 6.45) is 3.01. The average molecular weight is 185 g/mol. The lowest BCUT2D eigenvalue weighted by molar-refractivity contribution is 0.0286. The zero-order valence-corrected chi connectivity index (χ0v) is 8.25. The molecule has 0 aromatic rings. The van der Waals surface area contributed by atoms with Crippen LogP contribution in [0, 0.1) is 5.41 Å². The van der Waals surface area contributed by atoms with Gasteiger partial charge >= 0.3 is 0 Å². The first-order chi connectivity index (χ1) is 6.20. The minimum absolute atomic E-state index is 0.267. The van der Waals surface area contributed by atoms with Gasteiger partial charge in [0.1, 0.15) is 0 Å². The Labute approximate surface area is 79.6 Å². The van der Waals surface area contributed by atoms with Crippen LogP contribution in [0.25, 0.3) is 0 Å². The second-order valence-electron chi connectivity index (χ2n) is 3.63. The molecule has 13 heavy (non-hydrogen) atoms. The quantitative estimate of drug-likeness (QED) is 0.493. The Hall–Kier alpha value is -0.610. The van der Waals surface area contributed by atoms with Crippen LogP contribution in [0.2, 0.25) is 0 Å². The maximum Gasteiger partial charge on any atom is 0.0918 e. The molecule has 0 amide bonds. The molecule has 76 valence electrons. The minimum atomic E-state index is 0.267. The van der Waals surface area contributed by atoms with E-state index in [-0.39, 0.29) is 5.84 Å². The molecule has 1 heterocycles. The van der Waals surface area contributed by atoms with Gasteiger partial charge in [0, 0.05) is 25.6 Å². The van der Waals surface area contributed by atoms with Crippen LogP contribution in [0.1, 0.15) is 19.3 Å². The van der Waals surface area contributed by atoms with Gasteiger partial charge in [0.25, 0.3) is 0 Å². The lowest BCUT2D eigenvalue weighted by Gasteiger charge is -2.30. The van der Waals surface area contributed by atoms with Gasteiger partial charge in [0.2, 0.25) is 0 Å². The summed E-state index contributed by atoms with van der Waals surface area (Å²) in [7, 11) is 2.07. The van der Waals surface area contributed by atoms with Crippen LogP contribution in [0.3, 0.4) is 0 Å². The molecule has 0 bridgehead atoms. The average Bonchev–Trinajstić information content (AvgIpc) is 2.15. The molecule has 1 saturated heterocycles. The maximum atomic E-state index is 7.12. The molecule has 0 aromatic heterocycles. The summed E-state index contributed by atoms with van der Waals surface area (Å²) in [6.45, 7) is 2.59. The Balaban J connectivity index is 2.20. The molecule has 0 radical (unpaired) electrons. The fourth-order valence-electron chi connectivity index (χ4n) is 1.55. The molecule has 1 aliphatic heterocycles. The van der Waals surface area contributed by atoms with Crippen LogP contribution >= 0.6 is 0 Å². The van der Waals surface area contributed by atoms with Gasteiger partial charge in [-0.2, -0.15) is 0 Å². The van der Waals surface area contributed by atoms with E-state index in [1.165, 1.54) is 6.42 Å². The van der Waals surface area contributed by atoms with E-state index in [0.717, 1.165) is 26.2 Å². The van der Waals surface area contributed by atoms with E-state index < -0.39 is 0 Å². The third kappa shape index (κ3) is 3.74. The number of nitrogens with two attached hydrogens (primary N) is 1. The van der Waals surface area contributed by atoms with Gasteiger partial charge in [-0.15, -0.1) is 0 Å². The Morgan fingerprint density at radius 1 is 1.69 bits per heavy atom. The van der Waals surface area contributed by atoms with Crippen molar-refractivity contribution in [1.82, 2.24) is 4.90 Å². The van der Waals surface area contributed by atoms with E-state index in [0.29, 0.717) is 12.5 Å². The first kappa shape index (κ1) is 10.5. The Bertz CT molecular complexity index is 166. The molecule has 0 aliphatic carbocycles. The van der Waals surface area contributed by atoms with Crippen LogP contribution in [0.5, 0.6) is 0 Å². The predicted molar refractivity (Wildman–Crippen MR) is 53.0 cm³/mol. The molecule has 1 aliphatic rings. The van der Waals surface area contributed by atoms with Gasteiger partial charge < -0.3 is 15.4 Å². The molecule has 0 saturated carbocycles. The van der Waals surface area contributed by atoms with Gasteiger partial charge in [-0.25, -0.2) is 0 Å². The minimum Gasteiger partial charge on any atom is -0.388 e. The number of rotatable bonds is 4. The van der Waals surface area contributed by atoms with Gasteiger partial charge in [0.05, 0.1) is 12.4 Å². The van der Waals surface area contributed by atoms with E-state index in [2.05, 4.69) is 11.9 Å². The SMILES string of the molecule is CN(CCC(=N)N)C1CCCOC1. The number of hydrogen-bond acceptors (Lipinski definition) is 3. The zero-order chi connectivity index (χ0) is 9.68. The molecular weight excluding hydrogens is 166 g/mol. The Morgan fingerprint density at radius 2 is 2.46 bits per heavy atom. The molecule has 4 heteroatoms. The summed E-state index contributed by atoms with van der Waals surface area (Å²) in [5, 5.41) is 7.12. The second-order valence-corrected chi connectivity index (χ2v) is 3.63.